The maximum Gasteiger partial charge on any atom is 0.306 e. The number of allylic oxidation sites excluding steroid dienone is 8. The number of hydrogen-bond donors (Lipinski definition) is 0. The summed E-state index contributed by atoms with van der Waals surface area (Å²) in [6.45, 7) is 4.56. The molecule has 8 nitrogen and oxygen atoms in total. The van der Waals surface area contributed by atoms with Crippen molar-refractivity contribution in [2.75, 3.05) is 41.0 Å². The Morgan fingerprint density at radius 2 is 0.918 bits per heavy atom. The molecule has 0 aliphatic rings. The number of unbranched alkanes of at least 4 members (excludes halogenated alkanes) is 23. The summed E-state index contributed by atoms with van der Waals surface area (Å²) in [5.41, 5.74) is 0. The molecule has 0 heterocycles. The summed E-state index contributed by atoms with van der Waals surface area (Å²) in [5.74, 6) is -1.74. The Morgan fingerprint density at radius 1 is 0.508 bits per heavy atom. The third-order valence-electron chi connectivity index (χ3n) is 11.2. The Balaban J connectivity index is 4.27. The Hall–Kier alpha value is -2.71. The Morgan fingerprint density at radius 3 is 1.36 bits per heavy atom. The molecule has 0 rings (SSSR count). The summed E-state index contributed by atoms with van der Waals surface area (Å²) in [4.78, 5) is 37.0. The Kier molecular flexibility index (Phi) is 42.0. The van der Waals surface area contributed by atoms with Crippen LogP contribution in [0, 0.1) is 0 Å². The van der Waals surface area contributed by atoms with Crippen LogP contribution >= 0.6 is 0 Å². The van der Waals surface area contributed by atoms with Crippen LogP contribution in [-0.4, -0.2) is 75.5 Å². The van der Waals surface area contributed by atoms with Gasteiger partial charge in [-0.15, -0.1) is 0 Å². The predicted molar refractivity (Wildman–Crippen MR) is 254 cm³/mol. The van der Waals surface area contributed by atoms with Gasteiger partial charge in [-0.3, -0.25) is 9.59 Å². The lowest BCUT2D eigenvalue weighted by Gasteiger charge is -2.34. The van der Waals surface area contributed by atoms with Crippen LogP contribution in [-0.2, 0) is 28.6 Å². The number of nitrogens with zero attached hydrogens (tertiary/aromatic N) is 1. The average Bonchev–Trinajstić information content (AvgIpc) is 3.22. The van der Waals surface area contributed by atoms with Crippen LogP contribution in [0.15, 0.2) is 48.6 Å². The van der Waals surface area contributed by atoms with Gasteiger partial charge >= 0.3 is 11.9 Å². The standard InChI is InChI=1S/C53H95NO7/c1-6-8-10-12-14-16-18-20-22-24-25-26-28-30-32-34-36-38-40-42-44-52(56)61-49(47-59-46-45-50(53(57)58)54(3,4)5)48-60-51(55)43-41-39-37-35-33-31-29-27-23-21-19-17-15-13-11-9-7-2/h8,10,14,16,20,22,25-26,49-50H,6-7,9,11-13,15,17-19,21,23-24,27-48H2,1-5H3/b10-8+,16-14+,22-20+,26-25+. The van der Waals surface area contributed by atoms with E-state index in [0.717, 1.165) is 77.0 Å². The lowest BCUT2D eigenvalue weighted by molar-refractivity contribution is -0.889. The summed E-state index contributed by atoms with van der Waals surface area (Å²) in [6, 6.07) is -0.728. The molecule has 0 aromatic carbocycles. The highest BCUT2D eigenvalue weighted by Crippen LogP contribution is 2.16. The van der Waals surface area contributed by atoms with Crippen LogP contribution in [0.2, 0.25) is 0 Å². The number of ether oxygens (including phenoxy) is 3. The van der Waals surface area contributed by atoms with E-state index in [1.807, 2.05) is 0 Å². The summed E-state index contributed by atoms with van der Waals surface area (Å²) < 4.78 is 17.2. The number of esters is 2. The second-order valence-corrected chi connectivity index (χ2v) is 18.0. The maximum atomic E-state index is 12.8. The number of likely N-dealkylation sites (N-methyl/N-ethyl adjacent to an activating group) is 1. The minimum atomic E-state index is -1.13. The molecule has 0 aliphatic carbocycles. The quantitative estimate of drug-likeness (QED) is 0.0260. The molecule has 0 saturated carbocycles. The van der Waals surface area contributed by atoms with E-state index in [1.165, 1.54) is 109 Å². The predicted octanol–water partition coefficient (Wildman–Crippen LogP) is 13.0. The van der Waals surface area contributed by atoms with Gasteiger partial charge in [0.15, 0.2) is 6.10 Å². The van der Waals surface area contributed by atoms with E-state index < -0.39 is 18.1 Å². The van der Waals surface area contributed by atoms with Crippen molar-refractivity contribution < 1.29 is 38.2 Å². The minimum Gasteiger partial charge on any atom is -0.544 e. The van der Waals surface area contributed by atoms with Crippen molar-refractivity contribution in [2.24, 2.45) is 0 Å². The summed E-state index contributed by atoms with van der Waals surface area (Å²) in [7, 11) is 5.41. The molecule has 0 N–H and O–H groups in total. The zero-order chi connectivity index (χ0) is 44.9. The molecule has 0 aromatic heterocycles. The lowest BCUT2D eigenvalue weighted by Crippen LogP contribution is -2.55. The molecule has 2 atom stereocenters. The topological polar surface area (TPSA) is 102 Å². The molecule has 0 bridgehead atoms. The molecule has 354 valence electrons. The SMILES string of the molecule is CC/C=C/C/C=C/C/C=C/C/C=C/CCCCCCCCCC(=O)OC(COCCC(C(=O)[O-])[N+](C)(C)C)COC(=O)CCCCCCCCCCCCCCCCCCC. The van der Waals surface area contributed by atoms with Crippen molar-refractivity contribution in [3.63, 3.8) is 0 Å². The molecule has 0 spiro atoms. The number of quaternary nitrogens is 1. The third kappa shape index (κ3) is 42.4. The molecule has 0 amide bonds. The van der Waals surface area contributed by atoms with Crippen LogP contribution in [0.5, 0.6) is 0 Å². The molecular weight excluding hydrogens is 763 g/mol. The van der Waals surface area contributed by atoms with E-state index in [1.54, 1.807) is 21.1 Å². The molecular formula is C53H95NO7. The number of hydrogen-bond acceptors (Lipinski definition) is 7. The van der Waals surface area contributed by atoms with Gasteiger partial charge in [0.25, 0.3) is 0 Å². The number of carboxylic acid groups (broad SMARTS) is 1. The number of aliphatic carboxylic acids is 1. The summed E-state index contributed by atoms with van der Waals surface area (Å²) in [6.07, 6.45) is 52.8. The average molecular weight is 858 g/mol. The van der Waals surface area contributed by atoms with E-state index in [4.69, 9.17) is 14.2 Å². The lowest BCUT2D eigenvalue weighted by atomic mass is 10.0. The number of carbonyl (C=O) groups is 3. The minimum absolute atomic E-state index is 0.0377. The molecule has 0 aliphatic heterocycles. The van der Waals surface area contributed by atoms with E-state index in [9.17, 15) is 19.5 Å². The normalized spacial score (nSPS) is 13.3. The van der Waals surface area contributed by atoms with Gasteiger partial charge in [0.2, 0.25) is 0 Å². The van der Waals surface area contributed by atoms with Crippen molar-refractivity contribution in [3.8, 4) is 0 Å². The fraction of sp³-hybridized carbons (Fsp3) is 0.792. The van der Waals surface area contributed by atoms with Crippen LogP contribution in [0.25, 0.3) is 0 Å². The van der Waals surface area contributed by atoms with Crippen LogP contribution in [0.3, 0.4) is 0 Å². The van der Waals surface area contributed by atoms with Crippen molar-refractivity contribution in [1.29, 1.82) is 0 Å². The first kappa shape index (κ1) is 58.3. The highest BCUT2D eigenvalue weighted by molar-refractivity contribution is 5.70. The smallest absolute Gasteiger partial charge is 0.306 e. The summed E-state index contributed by atoms with van der Waals surface area (Å²) >= 11 is 0. The largest absolute Gasteiger partial charge is 0.544 e. The fourth-order valence-electron chi connectivity index (χ4n) is 7.36. The van der Waals surface area contributed by atoms with Gasteiger partial charge in [-0.25, -0.2) is 0 Å². The van der Waals surface area contributed by atoms with Crippen molar-refractivity contribution in [1.82, 2.24) is 0 Å². The molecule has 0 saturated heterocycles. The highest BCUT2D eigenvalue weighted by atomic mass is 16.6. The first-order valence-electron chi connectivity index (χ1n) is 25.2. The molecule has 61 heavy (non-hydrogen) atoms. The Bertz CT molecular complexity index is 1140. The third-order valence-corrected chi connectivity index (χ3v) is 11.2. The zero-order valence-electron chi connectivity index (χ0n) is 40.3. The van der Waals surface area contributed by atoms with Gasteiger partial charge in [0.1, 0.15) is 12.6 Å². The second-order valence-electron chi connectivity index (χ2n) is 18.0. The fourth-order valence-corrected chi connectivity index (χ4v) is 7.36. The first-order chi connectivity index (χ1) is 29.6. The van der Waals surface area contributed by atoms with E-state index in [-0.39, 0.29) is 42.7 Å². The number of carboxylic acids is 1. The van der Waals surface area contributed by atoms with Gasteiger partial charge in [-0.2, -0.15) is 0 Å². The van der Waals surface area contributed by atoms with Crippen LogP contribution in [0.1, 0.15) is 219 Å². The first-order valence-corrected chi connectivity index (χ1v) is 25.2. The van der Waals surface area contributed by atoms with Crippen LogP contribution < -0.4 is 5.11 Å². The van der Waals surface area contributed by atoms with E-state index >= 15 is 0 Å². The van der Waals surface area contributed by atoms with Crippen molar-refractivity contribution in [2.45, 2.75) is 231 Å². The van der Waals surface area contributed by atoms with Gasteiger partial charge in [0.05, 0.1) is 40.3 Å². The van der Waals surface area contributed by atoms with E-state index in [2.05, 4.69) is 62.5 Å². The van der Waals surface area contributed by atoms with Gasteiger partial charge in [0, 0.05) is 19.3 Å². The van der Waals surface area contributed by atoms with Crippen molar-refractivity contribution >= 4 is 17.9 Å². The number of carbonyl (C=O) groups excluding carboxylic acids is 3. The molecule has 0 fully saturated rings. The highest BCUT2D eigenvalue weighted by Gasteiger charge is 2.25. The molecule has 2 unspecified atom stereocenters. The maximum absolute atomic E-state index is 12.8. The molecule has 0 aromatic rings. The molecule has 0 radical (unpaired) electrons. The Labute approximate surface area is 376 Å². The van der Waals surface area contributed by atoms with Crippen LogP contribution in [0.4, 0.5) is 0 Å². The second kappa shape index (κ2) is 43.9. The summed E-state index contributed by atoms with van der Waals surface area (Å²) in [5, 5.41) is 11.7. The molecule has 8 heteroatoms. The van der Waals surface area contributed by atoms with Gasteiger partial charge in [-0.1, -0.05) is 197 Å². The number of rotatable bonds is 45. The van der Waals surface area contributed by atoms with E-state index in [0.29, 0.717) is 12.8 Å². The van der Waals surface area contributed by atoms with Crippen molar-refractivity contribution in [3.05, 3.63) is 48.6 Å². The van der Waals surface area contributed by atoms with Gasteiger partial charge < -0.3 is 28.6 Å². The monoisotopic (exact) mass is 858 g/mol. The zero-order valence-corrected chi connectivity index (χ0v) is 40.3. The van der Waals surface area contributed by atoms with Gasteiger partial charge in [-0.05, 0) is 51.4 Å².